The molecule has 0 radical (unpaired) electrons. The number of nitrogens with zero attached hydrogens (tertiary/aromatic N) is 1. The third kappa shape index (κ3) is 3.70. The number of rotatable bonds is 7. The van der Waals surface area contributed by atoms with E-state index in [1.165, 1.54) is 16.7 Å². The maximum absolute atomic E-state index is 13.4. The van der Waals surface area contributed by atoms with Gasteiger partial charge in [0.05, 0.1) is 29.4 Å². The van der Waals surface area contributed by atoms with Crippen molar-refractivity contribution >= 4 is 34.8 Å². The molecule has 0 saturated heterocycles. The molecule has 0 aliphatic carbocycles. The number of aryl methyl sites for hydroxylation is 2. The third-order valence-electron chi connectivity index (χ3n) is 4.44. The Morgan fingerprint density at radius 1 is 1.07 bits per heavy atom. The summed E-state index contributed by atoms with van der Waals surface area (Å²) in [5.41, 5.74) is 3.56. The topological polar surface area (TPSA) is 66.8 Å². The largest absolute Gasteiger partial charge is 0.492 e. The number of ether oxygens (including phenoxy) is 1. The number of hydrogen-bond acceptors (Lipinski definition) is 5. The lowest BCUT2D eigenvalue weighted by Crippen LogP contribution is -2.31. The van der Waals surface area contributed by atoms with Crippen molar-refractivity contribution < 1.29 is 19.4 Å². The van der Waals surface area contributed by atoms with Crippen molar-refractivity contribution in [3.63, 3.8) is 0 Å². The summed E-state index contributed by atoms with van der Waals surface area (Å²) in [6.07, 6.45) is 0. The Labute approximate surface area is 169 Å². The molecule has 28 heavy (non-hydrogen) atoms. The molecule has 2 aromatic carbocycles. The van der Waals surface area contributed by atoms with E-state index in [4.69, 9.17) is 4.74 Å². The molecule has 2 amide bonds. The molecular formula is C22H23NO4S. The third-order valence-corrected chi connectivity index (χ3v) is 5.49. The molecule has 0 unspecified atom stereocenters. The molecule has 0 fully saturated rings. The van der Waals surface area contributed by atoms with Crippen LogP contribution in [0.1, 0.15) is 23.6 Å². The Kier molecular flexibility index (Phi) is 6.21. The molecule has 0 atom stereocenters. The zero-order valence-electron chi connectivity index (χ0n) is 16.2. The van der Waals surface area contributed by atoms with E-state index in [-0.39, 0.29) is 18.4 Å². The second-order valence-corrected chi connectivity index (χ2v) is 7.55. The van der Waals surface area contributed by atoms with E-state index in [9.17, 15) is 14.7 Å². The Balaban J connectivity index is 2.13. The summed E-state index contributed by atoms with van der Waals surface area (Å²) in [4.78, 5) is 28.2. The quantitative estimate of drug-likeness (QED) is 0.722. The number of imide groups is 1. The van der Waals surface area contributed by atoms with E-state index in [0.29, 0.717) is 34.3 Å². The molecule has 0 spiro atoms. The van der Waals surface area contributed by atoms with Crippen LogP contribution in [-0.4, -0.2) is 35.9 Å². The molecule has 1 aliphatic rings. The van der Waals surface area contributed by atoms with Gasteiger partial charge >= 0.3 is 0 Å². The van der Waals surface area contributed by atoms with E-state index in [1.54, 1.807) is 24.3 Å². The van der Waals surface area contributed by atoms with Crippen LogP contribution in [0.4, 0.5) is 5.69 Å². The first-order valence-electron chi connectivity index (χ1n) is 9.15. The van der Waals surface area contributed by atoms with Crippen LogP contribution in [0, 0.1) is 13.8 Å². The smallest absolute Gasteiger partial charge is 0.272 e. The fraction of sp³-hybridized carbons (Fsp3) is 0.273. The molecule has 3 rings (SSSR count). The van der Waals surface area contributed by atoms with Gasteiger partial charge in [0.1, 0.15) is 5.75 Å². The Hall–Kier alpha value is -2.57. The molecule has 6 heteroatoms. The highest BCUT2D eigenvalue weighted by atomic mass is 32.2. The second kappa shape index (κ2) is 8.63. The van der Waals surface area contributed by atoms with Gasteiger partial charge in [-0.1, -0.05) is 35.9 Å². The molecule has 5 nitrogen and oxygen atoms in total. The van der Waals surface area contributed by atoms with Gasteiger partial charge in [-0.05, 0) is 44.0 Å². The minimum absolute atomic E-state index is 0.0780. The SMILES string of the molecule is CCOc1ccccc1N1C(=O)C(SCCO)=C(c2ccc(C)cc2C)C1=O. The van der Waals surface area contributed by atoms with Crippen LogP contribution in [0.2, 0.25) is 0 Å². The van der Waals surface area contributed by atoms with Crippen LogP contribution in [0.15, 0.2) is 47.4 Å². The average Bonchev–Trinajstić information content (AvgIpc) is 2.91. The van der Waals surface area contributed by atoms with E-state index in [0.717, 1.165) is 16.7 Å². The van der Waals surface area contributed by atoms with Gasteiger partial charge in [0.15, 0.2) is 0 Å². The minimum atomic E-state index is -0.384. The van der Waals surface area contributed by atoms with Gasteiger partial charge in [0, 0.05) is 5.75 Å². The average molecular weight is 397 g/mol. The van der Waals surface area contributed by atoms with Crippen molar-refractivity contribution in [3.8, 4) is 5.75 Å². The zero-order valence-corrected chi connectivity index (χ0v) is 17.0. The number of amides is 2. The monoisotopic (exact) mass is 397 g/mol. The van der Waals surface area contributed by atoms with Crippen molar-refractivity contribution in [2.24, 2.45) is 0 Å². The van der Waals surface area contributed by atoms with Gasteiger partial charge in [-0.25, -0.2) is 4.90 Å². The summed E-state index contributed by atoms with van der Waals surface area (Å²) in [6.45, 7) is 6.12. The van der Waals surface area contributed by atoms with Gasteiger partial charge < -0.3 is 9.84 Å². The predicted molar refractivity (Wildman–Crippen MR) is 112 cm³/mol. The Bertz CT molecular complexity index is 951. The number of hydrogen-bond donors (Lipinski definition) is 1. The van der Waals surface area contributed by atoms with Crippen LogP contribution in [0.25, 0.3) is 5.57 Å². The lowest BCUT2D eigenvalue weighted by molar-refractivity contribution is -0.119. The summed E-state index contributed by atoms with van der Waals surface area (Å²) < 4.78 is 5.63. The summed E-state index contributed by atoms with van der Waals surface area (Å²) in [6, 6.07) is 12.8. The highest BCUT2D eigenvalue weighted by Gasteiger charge is 2.41. The van der Waals surface area contributed by atoms with E-state index in [1.807, 2.05) is 39.0 Å². The van der Waals surface area contributed by atoms with Crippen molar-refractivity contribution in [2.45, 2.75) is 20.8 Å². The number of carbonyl (C=O) groups excluding carboxylic acids is 2. The maximum Gasteiger partial charge on any atom is 0.272 e. The van der Waals surface area contributed by atoms with Gasteiger partial charge in [0.25, 0.3) is 11.8 Å². The summed E-state index contributed by atoms with van der Waals surface area (Å²) in [5, 5.41) is 9.25. The number of anilines is 1. The first-order chi connectivity index (χ1) is 13.5. The maximum atomic E-state index is 13.4. The van der Waals surface area contributed by atoms with Crippen molar-refractivity contribution in [1.29, 1.82) is 0 Å². The molecule has 0 bridgehead atoms. The molecule has 0 saturated carbocycles. The van der Waals surface area contributed by atoms with Gasteiger partial charge in [-0.15, -0.1) is 11.8 Å². The number of thioether (sulfide) groups is 1. The first-order valence-corrected chi connectivity index (χ1v) is 10.1. The van der Waals surface area contributed by atoms with Crippen molar-refractivity contribution in [2.75, 3.05) is 23.9 Å². The Morgan fingerprint density at radius 2 is 1.82 bits per heavy atom. The van der Waals surface area contributed by atoms with Crippen molar-refractivity contribution in [3.05, 3.63) is 64.1 Å². The van der Waals surface area contributed by atoms with Gasteiger partial charge in [-0.3, -0.25) is 9.59 Å². The van der Waals surface area contributed by atoms with E-state index < -0.39 is 0 Å². The van der Waals surface area contributed by atoms with Crippen LogP contribution in [-0.2, 0) is 9.59 Å². The summed E-state index contributed by atoms with van der Waals surface area (Å²) in [7, 11) is 0. The second-order valence-electron chi connectivity index (χ2n) is 6.44. The van der Waals surface area contributed by atoms with E-state index >= 15 is 0 Å². The van der Waals surface area contributed by atoms with Crippen LogP contribution in [0.3, 0.4) is 0 Å². The molecular weight excluding hydrogens is 374 g/mol. The summed E-state index contributed by atoms with van der Waals surface area (Å²) >= 11 is 1.21. The lowest BCUT2D eigenvalue weighted by atomic mass is 9.99. The first kappa shape index (κ1) is 20.2. The molecule has 146 valence electrons. The highest BCUT2D eigenvalue weighted by Crippen LogP contribution is 2.41. The number of carbonyl (C=O) groups is 2. The fourth-order valence-corrected chi connectivity index (χ4v) is 4.11. The molecule has 1 N–H and O–H groups in total. The van der Waals surface area contributed by atoms with E-state index in [2.05, 4.69) is 0 Å². The fourth-order valence-electron chi connectivity index (χ4n) is 3.26. The van der Waals surface area contributed by atoms with Crippen LogP contribution < -0.4 is 9.64 Å². The molecule has 0 aromatic heterocycles. The zero-order chi connectivity index (χ0) is 20.3. The summed E-state index contributed by atoms with van der Waals surface area (Å²) in [5.74, 6) is 0.0687. The number of benzene rings is 2. The number of para-hydroxylation sites is 2. The predicted octanol–water partition coefficient (Wildman–Crippen LogP) is 3.71. The molecule has 2 aromatic rings. The molecule has 1 heterocycles. The normalized spacial score (nSPS) is 14.2. The number of aliphatic hydroxyl groups is 1. The van der Waals surface area contributed by atoms with Crippen molar-refractivity contribution in [1.82, 2.24) is 0 Å². The number of aliphatic hydroxyl groups excluding tert-OH is 1. The standard InChI is InChI=1S/C22H23NO4S/c1-4-27-18-8-6-5-7-17(18)23-21(25)19(20(22(23)26)28-12-11-24)16-10-9-14(2)13-15(16)3/h5-10,13,24H,4,11-12H2,1-3H3. The van der Waals surface area contributed by atoms with Gasteiger partial charge in [-0.2, -0.15) is 0 Å². The van der Waals surface area contributed by atoms with Crippen LogP contribution in [0.5, 0.6) is 5.75 Å². The van der Waals surface area contributed by atoms with Gasteiger partial charge in [0.2, 0.25) is 0 Å². The minimum Gasteiger partial charge on any atom is -0.492 e. The lowest BCUT2D eigenvalue weighted by Gasteiger charge is -2.19. The Morgan fingerprint density at radius 3 is 2.50 bits per heavy atom. The molecule has 1 aliphatic heterocycles. The highest BCUT2D eigenvalue weighted by molar-refractivity contribution is 8.04. The van der Waals surface area contributed by atoms with Crippen LogP contribution >= 0.6 is 11.8 Å².